The smallest absolute Gasteiger partial charge is 0.407 e. The maximum absolute atomic E-state index is 11.2. The highest BCUT2D eigenvalue weighted by atomic mass is 16.4. The summed E-state index contributed by atoms with van der Waals surface area (Å²) in [5.74, 6) is 0.935. The predicted octanol–water partition coefficient (Wildman–Crippen LogP) is 3.88. The molecule has 1 aliphatic heterocycles. The van der Waals surface area contributed by atoms with Crippen LogP contribution in [0.3, 0.4) is 0 Å². The van der Waals surface area contributed by atoms with Gasteiger partial charge in [0, 0.05) is 43.3 Å². The Hall–Kier alpha value is -3.15. The van der Waals surface area contributed by atoms with Crippen LogP contribution in [-0.4, -0.2) is 52.2 Å². The second-order valence-electron chi connectivity index (χ2n) is 6.87. The zero-order chi connectivity index (χ0) is 18.8. The van der Waals surface area contributed by atoms with Crippen molar-refractivity contribution in [2.24, 2.45) is 0 Å². The Labute approximate surface area is 158 Å². The zero-order valence-electron chi connectivity index (χ0n) is 15.2. The predicted molar refractivity (Wildman–Crippen MR) is 106 cm³/mol. The van der Waals surface area contributed by atoms with Crippen LogP contribution in [0.15, 0.2) is 54.7 Å². The van der Waals surface area contributed by atoms with E-state index in [1.165, 1.54) is 4.90 Å². The third-order valence-corrected chi connectivity index (χ3v) is 5.30. The summed E-state index contributed by atoms with van der Waals surface area (Å²) in [5, 5.41) is 10.3. The molecule has 0 saturated carbocycles. The van der Waals surface area contributed by atoms with Gasteiger partial charge < -0.3 is 14.9 Å². The molecule has 1 amide bonds. The van der Waals surface area contributed by atoms with Gasteiger partial charge in [0.25, 0.3) is 0 Å². The lowest BCUT2D eigenvalue weighted by Crippen LogP contribution is -2.45. The number of aromatic nitrogens is 2. The summed E-state index contributed by atoms with van der Waals surface area (Å²) in [4.78, 5) is 24.1. The lowest BCUT2D eigenvalue weighted by atomic mass is 10.0. The van der Waals surface area contributed by atoms with E-state index in [1.807, 2.05) is 48.7 Å². The monoisotopic (exact) mass is 362 g/mol. The molecule has 27 heavy (non-hydrogen) atoms. The molecule has 1 aromatic carbocycles. The maximum atomic E-state index is 11.2. The first-order valence-electron chi connectivity index (χ1n) is 9.15. The first-order valence-corrected chi connectivity index (χ1v) is 9.15. The number of anilines is 1. The summed E-state index contributed by atoms with van der Waals surface area (Å²) in [7, 11) is 1.65. The van der Waals surface area contributed by atoms with Gasteiger partial charge in [0.2, 0.25) is 0 Å². The van der Waals surface area contributed by atoms with Crippen LogP contribution in [0, 0.1) is 0 Å². The second-order valence-corrected chi connectivity index (χ2v) is 6.87. The van der Waals surface area contributed by atoms with Crippen molar-refractivity contribution < 1.29 is 9.90 Å². The van der Waals surface area contributed by atoms with E-state index in [2.05, 4.69) is 16.0 Å². The standard InChI is InChI=1S/C21H22N4O2/c1-24(21(26)27)15-10-13-25(14-11-15)20-8-4-7-19(23-20)17-9-12-22-18-6-3-2-5-16(17)18/h2-9,12,15H,10-11,13-14H2,1H3,(H,26,27). The molecule has 0 bridgehead atoms. The Kier molecular flexibility index (Phi) is 4.62. The molecule has 0 unspecified atom stereocenters. The number of benzene rings is 1. The molecule has 0 radical (unpaired) electrons. The Balaban J connectivity index is 1.58. The minimum absolute atomic E-state index is 0.0751. The molecule has 2 aromatic heterocycles. The van der Waals surface area contributed by atoms with Crippen molar-refractivity contribution >= 4 is 22.8 Å². The van der Waals surface area contributed by atoms with Gasteiger partial charge in [-0.2, -0.15) is 0 Å². The molecule has 0 aliphatic carbocycles. The highest BCUT2D eigenvalue weighted by molar-refractivity contribution is 5.93. The number of hydrogen-bond acceptors (Lipinski definition) is 4. The minimum atomic E-state index is -0.863. The summed E-state index contributed by atoms with van der Waals surface area (Å²) in [6.07, 6.45) is 2.58. The molecular formula is C21H22N4O2. The lowest BCUT2D eigenvalue weighted by molar-refractivity contribution is 0.131. The summed E-state index contributed by atoms with van der Waals surface area (Å²) in [6, 6.07) is 16.2. The summed E-state index contributed by atoms with van der Waals surface area (Å²) < 4.78 is 0. The fourth-order valence-electron chi connectivity index (χ4n) is 3.71. The maximum Gasteiger partial charge on any atom is 0.407 e. The van der Waals surface area contributed by atoms with Gasteiger partial charge in [-0.3, -0.25) is 4.98 Å². The highest BCUT2D eigenvalue weighted by Gasteiger charge is 2.25. The Morgan fingerprint density at radius 3 is 2.67 bits per heavy atom. The summed E-state index contributed by atoms with van der Waals surface area (Å²) in [5.41, 5.74) is 2.96. The van der Waals surface area contributed by atoms with Crippen molar-refractivity contribution in [2.75, 3.05) is 25.0 Å². The molecule has 1 N–H and O–H groups in total. The number of fused-ring (bicyclic) bond motifs is 1. The van der Waals surface area contributed by atoms with Crippen molar-refractivity contribution in [3.05, 3.63) is 54.7 Å². The molecule has 1 fully saturated rings. The third kappa shape index (κ3) is 3.43. The number of hydrogen-bond donors (Lipinski definition) is 1. The van der Waals surface area contributed by atoms with Gasteiger partial charge in [-0.1, -0.05) is 24.3 Å². The first-order chi connectivity index (χ1) is 13.1. The molecule has 1 aliphatic rings. The van der Waals surface area contributed by atoms with Crippen LogP contribution in [0.1, 0.15) is 12.8 Å². The highest BCUT2D eigenvalue weighted by Crippen LogP contribution is 2.28. The van der Waals surface area contributed by atoms with Gasteiger partial charge in [0.1, 0.15) is 5.82 Å². The molecule has 3 heterocycles. The topological polar surface area (TPSA) is 69.6 Å². The van der Waals surface area contributed by atoms with Gasteiger partial charge in [-0.05, 0) is 37.1 Å². The average molecular weight is 362 g/mol. The molecule has 138 valence electrons. The van der Waals surface area contributed by atoms with Crippen LogP contribution < -0.4 is 4.90 Å². The molecule has 1 saturated heterocycles. The van der Waals surface area contributed by atoms with E-state index in [9.17, 15) is 4.79 Å². The normalized spacial score (nSPS) is 15.1. The SMILES string of the molecule is CN(C(=O)O)C1CCN(c2cccc(-c3ccnc4ccccc34)n2)CC1. The minimum Gasteiger partial charge on any atom is -0.465 e. The lowest BCUT2D eigenvalue weighted by Gasteiger charge is -2.36. The zero-order valence-corrected chi connectivity index (χ0v) is 15.2. The number of amides is 1. The van der Waals surface area contributed by atoms with E-state index in [-0.39, 0.29) is 6.04 Å². The van der Waals surface area contributed by atoms with Gasteiger partial charge in [0.15, 0.2) is 0 Å². The molecule has 3 aromatic rings. The first kappa shape index (κ1) is 17.3. The van der Waals surface area contributed by atoms with Crippen LogP contribution in [0.4, 0.5) is 10.6 Å². The molecular weight excluding hydrogens is 340 g/mol. The van der Waals surface area contributed by atoms with Crippen LogP contribution in [0.25, 0.3) is 22.2 Å². The molecule has 6 heteroatoms. The van der Waals surface area contributed by atoms with Gasteiger partial charge >= 0.3 is 6.09 Å². The number of carbonyl (C=O) groups is 1. The van der Waals surface area contributed by atoms with Crippen LogP contribution >= 0.6 is 0 Å². The van der Waals surface area contributed by atoms with Crippen LogP contribution in [-0.2, 0) is 0 Å². The van der Waals surface area contributed by atoms with E-state index >= 15 is 0 Å². The Bertz CT molecular complexity index is 962. The van der Waals surface area contributed by atoms with E-state index in [1.54, 1.807) is 7.05 Å². The van der Waals surface area contributed by atoms with Gasteiger partial charge in [-0.25, -0.2) is 9.78 Å². The fraction of sp³-hybridized carbons (Fsp3) is 0.286. The number of piperidine rings is 1. The van der Waals surface area contributed by atoms with Gasteiger partial charge in [0.05, 0.1) is 11.2 Å². The van der Waals surface area contributed by atoms with Crippen molar-refractivity contribution in [3.63, 3.8) is 0 Å². The Morgan fingerprint density at radius 2 is 1.89 bits per heavy atom. The van der Waals surface area contributed by atoms with Crippen LogP contribution in [0.5, 0.6) is 0 Å². The number of rotatable bonds is 3. The molecule has 4 rings (SSSR count). The summed E-state index contributed by atoms with van der Waals surface area (Å²) >= 11 is 0. The van der Waals surface area contributed by atoms with Crippen molar-refractivity contribution in [3.8, 4) is 11.3 Å². The van der Waals surface area contributed by atoms with E-state index in [0.29, 0.717) is 0 Å². The second kappa shape index (κ2) is 7.23. The van der Waals surface area contributed by atoms with Crippen molar-refractivity contribution in [2.45, 2.75) is 18.9 Å². The number of carboxylic acid groups (broad SMARTS) is 1. The molecule has 6 nitrogen and oxygen atoms in total. The number of pyridine rings is 2. The Morgan fingerprint density at radius 1 is 1.11 bits per heavy atom. The molecule has 0 spiro atoms. The average Bonchev–Trinajstić information content (AvgIpc) is 2.73. The summed E-state index contributed by atoms with van der Waals surface area (Å²) in [6.45, 7) is 1.60. The fourth-order valence-corrected chi connectivity index (χ4v) is 3.71. The number of para-hydroxylation sites is 1. The van der Waals surface area contributed by atoms with Crippen molar-refractivity contribution in [1.82, 2.24) is 14.9 Å². The molecule has 0 atom stereocenters. The third-order valence-electron chi connectivity index (χ3n) is 5.30. The van der Waals surface area contributed by atoms with Crippen molar-refractivity contribution in [1.29, 1.82) is 0 Å². The van der Waals surface area contributed by atoms with E-state index < -0.39 is 6.09 Å². The largest absolute Gasteiger partial charge is 0.465 e. The van der Waals surface area contributed by atoms with Gasteiger partial charge in [-0.15, -0.1) is 0 Å². The quantitative estimate of drug-likeness (QED) is 0.766. The number of nitrogens with zero attached hydrogens (tertiary/aromatic N) is 4. The van der Waals surface area contributed by atoms with E-state index in [4.69, 9.17) is 10.1 Å². The van der Waals surface area contributed by atoms with E-state index in [0.717, 1.165) is 53.9 Å². The van der Waals surface area contributed by atoms with Crippen LogP contribution in [0.2, 0.25) is 0 Å².